The highest BCUT2D eigenvalue weighted by atomic mass is 16.2. The highest BCUT2D eigenvalue weighted by molar-refractivity contribution is 5.81. The van der Waals surface area contributed by atoms with Gasteiger partial charge in [0.05, 0.1) is 0 Å². The first-order valence-corrected chi connectivity index (χ1v) is 4.40. The van der Waals surface area contributed by atoms with Crippen molar-refractivity contribution < 1.29 is 5.11 Å². The second-order valence-electron chi connectivity index (χ2n) is 3.06. The Hall–Kier alpha value is -1.15. The van der Waals surface area contributed by atoms with Crippen molar-refractivity contribution in [3.63, 3.8) is 0 Å². The Balaban J connectivity index is 3.03. The average Bonchev–Trinajstić information content (AvgIpc) is 2.10. The van der Waals surface area contributed by atoms with Gasteiger partial charge in [-0.15, -0.1) is 0 Å². The number of aliphatic hydroxyl groups excluding tert-OH is 1. The second-order valence-corrected chi connectivity index (χ2v) is 3.06. The molecule has 1 rings (SSSR count). The van der Waals surface area contributed by atoms with Crippen molar-refractivity contribution in [3.05, 3.63) is 34.9 Å². The summed E-state index contributed by atoms with van der Waals surface area (Å²) in [5.41, 5.74) is 3.48. The Kier molecular flexibility index (Phi) is 3.65. The van der Waals surface area contributed by atoms with E-state index in [1.54, 1.807) is 7.05 Å². The topological polar surface area (TPSA) is 32.6 Å². The summed E-state index contributed by atoms with van der Waals surface area (Å²) >= 11 is 0. The quantitative estimate of drug-likeness (QED) is 0.698. The number of aryl methyl sites for hydroxylation is 1. The van der Waals surface area contributed by atoms with Gasteiger partial charge in [-0.2, -0.15) is 0 Å². The van der Waals surface area contributed by atoms with Crippen LogP contribution < -0.4 is 0 Å². The van der Waals surface area contributed by atoms with Crippen molar-refractivity contribution in [2.24, 2.45) is 4.99 Å². The lowest BCUT2D eigenvalue weighted by Gasteiger charge is -2.04. The van der Waals surface area contributed by atoms with E-state index in [2.05, 4.69) is 24.0 Å². The van der Waals surface area contributed by atoms with Gasteiger partial charge in [0, 0.05) is 19.9 Å². The third-order valence-electron chi connectivity index (χ3n) is 1.95. The number of aliphatic imine (C=N–C) groups is 1. The average molecular weight is 177 g/mol. The smallest absolute Gasteiger partial charge is 0.0471 e. The van der Waals surface area contributed by atoms with E-state index < -0.39 is 0 Å². The van der Waals surface area contributed by atoms with Crippen molar-refractivity contribution in [2.75, 3.05) is 13.7 Å². The first-order valence-electron chi connectivity index (χ1n) is 4.40. The lowest BCUT2D eigenvalue weighted by Crippen LogP contribution is -1.97. The molecule has 0 unspecified atom stereocenters. The van der Waals surface area contributed by atoms with Gasteiger partial charge in [0.25, 0.3) is 0 Å². The second kappa shape index (κ2) is 4.77. The molecular formula is C11H15NO. The summed E-state index contributed by atoms with van der Waals surface area (Å²) in [7, 11) is 1.76. The zero-order chi connectivity index (χ0) is 9.68. The van der Waals surface area contributed by atoms with Crippen LogP contribution in [0, 0.1) is 6.92 Å². The van der Waals surface area contributed by atoms with E-state index in [4.69, 9.17) is 5.11 Å². The standard InChI is InChI=1S/C11H15NO/c1-9-3-4-10(5-6-13)11(7-9)8-12-2/h3-4,7-8,13H,5-6H2,1-2H3. The molecule has 0 aliphatic rings. The minimum absolute atomic E-state index is 0.188. The molecule has 0 aliphatic carbocycles. The Morgan fingerprint density at radius 1 is 1.46 bits per heavy atom. The van der Waals surface area contributed by atoms with Crippen molar-refractivity contribution in [2.45, 2.75) is 13.3 Å². The van der Waals surface area contributed by atoms with Crippen molar-refractivity contribution >= 4 is 6.21 Å². The van der Waals surface area contributed by atoms with Crippen LogP contribution >= 0.6 is 0 Å². The van der Waals surface area contributed by atoms with E-state index in [9.17, 15) is 0 Å². The monoisotopic (exact) mass is 177 g/mol. The first-order chi connectivity index (χ1) is 6.27. The minimum atomic E-state index is 0.188. The van der Waals surface area contributed by atoms with E-state index >= 15 is 0 Å². The molecule has 70 valence electrons. The molecule has 0 fully saturated rings. The van der Waals surface area contributed by atoms with Crippen molar-refractivity contribution in [1.82, 2.24) is 0 Å². The molecule has 1 aromatic rings. The zero-order valence-electron chi connectivity index (χ0n) is 8.12. The lowest BCUT2D eigenvalue weighted by atomic mass is 10.0. The number of hydrogen-bond acceptors (Lipinski definition) is 2. The van der Waals surface area contributed by atoms with Crippen LogP contribution in [-0.4, -0.2) is 25.0 Å². The van der Waals surface area contributed by atoms with Crippen molar-refractivity contribution in [1.29, 1.82) is 0 Å². The van der Waals surface area contributed by atoms with Crippen LogP contribution in [-0.2, 0) is 6.42 Å². The normalized spacial score (nSPS) is 11.0. The molecule has 1 aromatic carbocycles. The summed E-state index contributed by atoms with van der Waals surface area (Å²) in [6.07, 6.45) is 2.53. The molecule has 1 N–H and O–H groups in total. The maximum Gasteiger partial charge on any atom is 0.0471 e. The highest BCUT2D eigenvalue weighted by Crippen LogP contribution is 2.10. The molecule has 0 atom stereocenters. The maximum atomic E-state index is 8.84. The minimum Gasteiger partial charge on any atom is -0.396 e. The van der Waals surface area contributed by atoms with Gasteiger partial charge in [-0.1, -0.05) is 23.8 Å². The van der Waals surface area contributed by atoms with Crippen LogP contribution in [0.2, 0.25) is 0 Å². The van der Waals surface area contributed by atoms with Crippen LogP contribution in [0.5, 0.6) is 0 Å². The van der Waals surface area contributed by atoms with Crippen LogP contribution in [0.1, 0.15) is 16.7 Å². The van der Waals surface area contributed by atoms with Crippen molar-refractivity contribution in [3.8, 4) is 0 Å². The third-order valence-corrected chi connectivity index (χ3v) is 1.95. The van der Waals surface area contributed by atoms with Crippen LogP contribution in [0.25, 0.3) is 0 Å². The first kappa shape index (κ1) is 9.93. The van der Waals surface area contributed by atoms with Gasteiger partial charge < -0.3 is 5.11 Å². The molecule has 0 aliphatic heterocycles. The van der Waals surface area contributed by atoms with Gasteiger partial charge in [-0.3, -0.25) is 4.99 Å². The number of nitrogens with zero attached hydrogens (tertiary/aromatic N) is 1. The summed E-state index contributed by atoms with van der Waals surface area (Å²) in [5.74, 6) is 0. The summed E-state index contributed by atoms with van der Waals surface area (Å²) in [4.78, 5) is 3.98. The molecule has 2 nitrogen and oxygen atoms in total. The number of rotatable bonds is 3. The van der Waals surface area contributed by atoms with E-state index in [1.165, 1.54) is 5.56 Å². The molecule has 0 aromatic heterocycles. The van der Waals surface area contributed by atoms with Gasteiger partial charge in [-0.05, 0) is 24.5 Å². The molecule has 0 spiro atoms. The Bertz CT molecular complexity index is 305. The van der Waals surface area contributed by atoms with E-state index in [1.807, 2.05) is 12.3 Å². The van der Waals surface area contributed by atoms with Crippen LogP contribution in [0.3, 0.4) is 0 Å². The Morgan fingerprint density at radius 2 is 2.23 bits per heavy atom. The van der Waals surface area contributed by atoms with Crippen LogP contribution in [0.4, 0.5) is 0 Å². The highest BCUT2D eigenvalue weighted by Gasteiger charge is 1.99. The van der Waals surface area contributed by atoms with E-state index in [-0.39, 0.29) is 6.61 Å². The number of benzene rings is 1. The number of aliphatic hydroxyl groups is 1. The predicted octanol–water partition coefficient (Wildman–Crippen LogP) is 1.58. The largest absolute Gasteiger partial charge is 0.396 e. The zero-order valence-corrected chi connectivity index (χ0v) is 8.12. The fourth-order valence-electron chi connectivity index (χ4n) is 1.32. The van der Waals surface area contributed by atoms with Gasteiger partial charge >= 0.3 is 0 Å². The molecule has 2 heteroatoms. The lowest BCUT2D eigenvalue weighted by molar-refractivity contribution is 0.299. The molecular weight excluding hydrogens is 162 g/mol. The fourth-order valence-corrected chi connectivity index (χ4v) is 1.32. The SMILES string of the molecule is CN=Cc1cc(C)ccc1CCO. The Labute approximate surface area is 78.9 Å². The van der Waals surface area contributed by atoms with Crippen LogP contribution in [0.15, 0.2) is 23.2 Å². The van der Waals surface area contributed by atoms with Gasteiger partial charge in [0.1, 0.15) is 0 Å². The third kappa shape index (κ3) is 2.67. The predicted molar refractivity (Wildman–Crippen MR) is 55.5 cm³/mol. The van der Waals surface area contributed by atoms with Gasteiger partial charge in [-0.25, -0.2) is 0 Å². The van der Waals surface area contributed by atoms with Gasteiger partial charge in [0.2, 0.25) is 0 Å². The summed E-state index contributed by atoms with van der Waals surface area (Å²) in [5, 5.41) is 8.84. The van der Waals surface area contributed by atoms with E-state index in [0.29, 0.717) is 6.42 Å². The molecule has 0 saturated carbocycles. The number of hydrogen-bond donors (Lipinski definition) is 1. The molecule has 13 heavy (non-hydrogen) atoms. The maximum absolute atomic E-state index is 8.84. The molecule has 0 radical (unpaired) electrons. The summed E-state index contributed by atoms with van der Waals surface area (Å²) in [6.45, 7) is 2.24. The molecule has 0 amide bonds. The fraction of sp³-hybridized carbons (Fsp3) is 0.364. The van der Waals surface area contributed by atoms with Gasteiger partial charge in [0.15, 0.2) is 0 Å². The van der Waals surface area contributed by atoms with E-state index in [0.717, 1.165) is 11.1 Å². The molecule has 0 saturated heterocycles. The summed E-state index contributed by atoms with van der Waals surface area (Å²) < 4.78 is 0. The molecule has 0 bridgehead atoms. The molecule has 0 heterocycles. The Morgan fingerprint density at radius 3 is 2.85 bits per heavy atom. The summed E-state index contributed by atoms with van der Waals surface area (Å²) in [6, 6.07) is 6.18.